The molecule has 3 amide bonds. The number of methoxy groups -OCH3 is 1. The number of ether oxygens (including phenoxy) is 1. The van der Waals surface area contributed by atoms with Gasteiger partial charge in [0.25, 0.3) is 15.9 Å². The van der Waals surface area contributed by atoms with Crippen LogP contribution in [-0.4, -0.2) is 57.5 Å². The van der Waals surface area contributed by atoms with E-state index in [4.69, 9.17) is 16.3 Å². The minimum Gasteiger partial charge on any atom is -0.496 e. The van der Waals surface area contributed by atoms with Gasteiger partial charge in [-0.1, -0.05) is 48.9 Å². The van der Waals surface area contributed by atoms with Crippen molar-refractivity contribution in [1.29, 1.82) is 0 Å². The quantitative estimate of drug-likeness (QED) is 0.227. The predicted molar refractivity (Wildman–Crippen MR) is 165 cm³/mol. The van der Waals surface area contributed by atoms with Gasteiger partial charge in [0.05, 0.1) is 12.0 Å². The zero-order chi connectivity index (χ0) is 30.8. The molecule has 0 aliphatic heterocycles. The van der Waals surface area contributed by atoms with Crippen molar-refractivity contribution in [3.8, 4) is 5.75 Å². The molecule has 0 saturated carbocycles. The lowest BCUT2D eigenvalue weighted by Crippen LogP contribution is -2.40. The number of benzene rings is 3. The molecule has 0 saturated heterocycles. The van der Waals surface area contributed by atoms with Crippen molar-refractivity contribution in [1.82, 2.24) is 19.9 Å². The Bertz CT molecular complexity index is 1750. The Morgan fingerprint density at radius 2 is 1.76 bits per heavy atom. The highest BCUT2D eigenvalue weighted by atomic mass is 35.5. The summed E-state index contributed by atoms with van der Waals surface area (Å²) in [5, 5.41) is 4.38. The largest absolute Gasteiger partial charge is 0.496 e. The van der Waals surface area contributed by atoms with Crippen LogP contribution in [0.15, 0.2) is 65.6 Å². The SMILES string of the molecule is COc1cc(C(=O)NS(=O)(=O)c2ccccc2C)ccc1C(C)c1c(Cl)[nH]c2ccc(CC(C)NC(=O)N(C)C)cc12. The third-order valence-electron chi connectivity index (χ3n) is 7.18. The summed E-state index contributed by atoms with van der Waals surface area (Å²) in [6.07, 6.45) is 0.630. The molecule has 4 rings (SSSR count). The van der Waals surface area contributed by atoms with Crippen LogP contribution < -0.4 is 14.8 Å². The molecule has 0 spiro atoms. The number of aromatic nitrogens is 1. The van der Waals surface area contributed by atoms with Gasteiger partial charge in [-0.3, -0.25) is 4.79 Å². The molecule has 11 heteroatoms. The van der Waals surface area contributed by atoms with Crippen LogP contribution in [-0.2, 0) is 16.4 Å². The predicted octanol–water partition coefficient (Wildman–Crippen LogP) is 5.61. The third-order valence-corrected chi connectivity index (χ3v) is 8.97. The Labute approximate surface area is 251 Å². The summed E-state index contributed by atoms with van der Waals surface area (Å²) >= 11 is 6.71. The van der Waals surface area contributed by atoms with E-state index >= 15 is 0 Å². The topological polar surface area (TPSA) is 121 Å². The van der Waals surface area contributed by atoms with Crippen molar-refractivity contribution in [3.05, 3.63) is 93.6 Å². The van der Waals surface area contributed by atoms with E-state index in [2.05, 4.69) is 21.1 Å². The number of rotatable bonds is 9. The van der Waals surface area contributed by atoms with E-state index in [0.29, 0.717) is 22.9 Å². The molecule has 2 unspecified atom stereocenters. The van der Waals surface area contributed by atoms with E-state index in [0.717, 1.165) is 27.6 Å². The summed E-state index contributed by atoms with van der Waals surface area (Å²) in [5.74, 6) is -0.582. The van der Waals surface area contributed by atoms with E-state index in [9.17, 15) is 18.0 Å². The van der Waals surface area contributed by atoms with Crippen LogP contribution in [0.25, 0.3) is 10.9 Å². The van der Waals surface area contributed by atoms with Crippen molar-refractivity contribution in [3.63, 3.8) is 0 Å². The first-order valence-electron chi connectivity index (χ1n) is 13.4. The first-order valence-corrected chi connectivity index (χ1v) is 15.3. The van der Waals surface area contributed by atoms with Gasteiger partial charge < -0.3 is 19.9 Å². The molecular formula is C31H35ClN4O5S. The monoisotopic (exact) mass is 610 g/mol. The number of carbonyl (C=O) groups excluding carboxylic acids is 2. The van der Waals surface area contributed by atoms with Crippen molar-refractivity contribution in [2.75, 3.05) is 21.2 Å². The Morgan fingerprint density at radius 1 is 1.05 bits per heavy atom. The van der Waals surface area contributed by atoms with E-state index in [-0.39, 0.29) is 28.4 Å². The van der Waals surface area contributed by atoms with Crippen LogP contribution in [0.1, 0.15) is 52.4 Å². The first kappa shape index (κ1) is 30.9. The lowest BCUT2D eigenvalue weighted by Gasteiger charge is -2.19. The fraction of sp³-hybridized carbons (Fsp3) is 0.290. The highest BCUT2D eigenvalue weighted by Crippen LogP contribution is 2.40. The fourth-order valence-corrected chi connectivity index (χ4v) is 6.57. The van der Waals surface area contributed by atoms with Crippen LogP contribution in [0.5, 0.6) is 5.75 Å². The number of carbonyl (C=O) groups is 2. The first-order chi connectivity index (χ1) is 19.8. The van der Waals surface area contributed by atoms with Gasteiger partial charge in [0, 0.05) is 53.6 Å². The van der Waals surface area contributed by atoms with Crippen molar-refractivity contribution in [2.45, 2.75) is 44.0 Å². The maximum atomic E-state index is 13.0. The van der Waals surface area contributed by atoms with Crippen LogP contribution in [0.2, 0.25) is 5.15 Å². The molecular weight excluding hydrogens is 576 g/mol. The summed E-state index contributed by atoms with van der Waals surface area (Å²) in [7, 11) is 0.832. The molecule has 0 fully saturated rings. The summed E-state index contributed by atoms with van der Waals surface area (Å²) in [6, 6.07) is 17.1. The molecule has 0 aliphatic rings. The number of aromatic amines is 1. The molecule has 1 heterocycles. The minimum absolute atomic E-state index is 0.0402. The number of hydrogen-bond acceptors (Lipinski definition) is 5. The zero-order valence-electron chi connectivity index (χ0n) is 24.4. The standard InChI is InChI=1S/C31H35ClN4O5S/c1-18-9-7-8-10-27(18)42(39,40)35-30(37)22-12-13-23(26(17-22)41-6)20(3)28-24-16-21(11-14-25(24)34-29(28)32)15-19(2)33-31(38)36(4)5/h7-14,16-17,19-20,34H,15H2,1-6H3,(H,33,38)(H,35,37). The second kappa shape index (κ2) is 12.5. The van der Waals surface area contributed by atoms with Crippen molar-refractivity contribution in [2.24, 2.45) is 0 Å². The van der Waals surface area contributed by atoms with Crippen LogP contribution in [0, 0.1) is 6.92 Å². The van der Waals surface area contributed by atoms with Crippen molar-refractivity contribution >= 4 is 44.5 Å². The molecule has 42 heavy (non-hydrogen) atoms. The van der Waals surface area contributed by atoms with Gasteiger partial charge >= 0.3 is 6.03 Å². The van der Waals surface area contributed by atoms with Gasteiger partial charge in [-0.2, -0.15) is 0 Å². The summed E-state index contributed by atoms with van der Waals surface area (Å²) < 4.78 is 33.5. The Hall–Kier alpha value is -4.02. The molecule has 3 N–H and O–H groups in total. The number of sulfonamides is 1. The van der Waals surface area contributed by atoms with Crippen LogP contribution in [0.3, 0.4) is 0 Å². The Kier molecular flexibility index (Phi) is 9.18. The molecule has 0 bridgehead atoms. The van der Waals surface area contributed by atoms with Crippen LogP contribution in [0.4, 0.5) is 4.79 Å². The average molecular weight is 611 g/mol. The van der Waals surface area contributed by atoms with Crippen molar-refractivity contribution < 1.29 is 22.7 Å². The van der Waals surface area contributed by atoms with Gasteiger partial charge in [0.2, 0.25) is 0 Å². The molecule has 3 aromatic carbocycles. The highest BCUT2D eigenvalue weighted by molar-refractivity contribution is 7.90. The van der Waals surface area contributed by atoms with Crippen LogP contribution >= 0.6 is 11.6 Å². The molecule has 2 atom stereocenters. The van der Waals surface area contributed by atoms with Gasteiger partial charge in [0.1, 0.15) is 10.9 Å². The summed E-state index contributed by atoms with van der Waals surface area (Å²) in [6.45, 7) is 5.61. The van der Waals surface area contributed by atoms with E-state index in [1.54, 1.807) is 51.4 Å². The molecule has 222 valence electrons. The number of H-pyrrole nitrogens is 1. The van der Waals surface area contributed by atoms with Gasteiger partial charge in [-0.05, 0) is 61.7 Å². The smallest absolute Gasteiger partial charge is 0.317 e. The Balaban J connectivity index is 1.62. The lowest BCUT2D eigenvalue weighted by molar-refractivity contribution is 0.0981. The van der Waals surface area contributed by atoms with E-state index in [1.807, 2.05) is 26.0 Å². The van der Waals surface area contributed by atoms with Gasteiger partial charge in [-0.25, -0.2) is 17.9 Å². The normalized spacial score (nSPS) is 12.9. The second-order valence-corrected chi connectivity index (χ2v) is 12.6. The fourth-order valence-electron chi connectivity index (χ4n) is 4.98. The summed E-state index contributed by atoms with van der Waals surface area (Å²) in [4.78, 5) is 29.8. The molecule has 9 nitrogen and oxygen atoms in total. The van der Waals surface area contributed by atoms with E-state index in [1.165, 1.54) is 24.1 Å². The van der Waals surface area contributed by atoms with Gasteiger partial charge in [0.15, 0.2) is 0 Å². The second-order valence-electron chi connectivity index (χ2n) is 10.6. The number of hydrogen-bond donors (Lipinski definition) is 3. The number of urea groups is 1. The average Bonchev–Trinajstić information content (AvgIpc) is 3.26. The number of nitrogens with one attached hydrogen (secondary N) is 3. The lowest BCUT2D eigenvalue weighted by atomic mass is 9.90. The molecule has 0 aliphatic carbocycles. The summed E-state index contributed by atoms with van der Waals surface area (Å²) in [5.41, 5.74) is 4.21. The molecule has 1 aromatic heterocycles. The number of aryl methyl sites for hydroxylation is 1. The third kappa shape index (κ3) is 6.55. The number of halogens is 1. The minimum atomic E-state index is -4.06. The Morgan fingerprint density at radius 3 is 2.43 bits per heavy atom. The number of fused-ring (bicyclic) bond motifs is 1. The maximum absolute atomic E-state index is 13.0. The highest BCUT2D eigenvalue weighted by Gasteiger charge is 2.25. The molecule has 4 aromatic rings. The zero-order valence-corrected chi connectivity index (χ0v) is 26.0. The van der Waals surface area contributed by atoms with Gasteiger partial charge in [-0.15, -0.1) is 0 Å². The molecule has 0 radical (unpaired) electrons. The van der Waals surface area contributed by atoms with E-state index < -0.39 is 15.9 Å². The maximum Gasteiger partial charge on any atom is 0.317 e. The number of amides is 3. The number of nitrogens with zero attached hydrogens (tertiary/aromatic N) is 1.